The van der Waals surface area contributed by atoms with Gasteiger partial charge in [0, 0.05) is 12.8 Å². The summed E-state index contributed by atoms with van der Waals surface area (Å²) < 4.78 is 22.1. The van der Waals surface area contributed by atoms with Crippen LogP contribution in [0.1, 0.15) is 174 Å². The summed E-state index contributed by atoms with van der Waals surface area (Å²) in [5, 5.41) is 39.9. The van der Waals surface area contributed by atoms with Crippen molar-refractivity contribution in [2.75, 3.05) is 19.8 Å². The number of carbonyl (C=O) groups excluding carboxylic acids is 2. The fourth-order valence-corrected chi connectivity index (χ4v) is 6.12. The van der Waals surface area contributed by atoms with E-state index in [1.807, 2.05) is 0 Å². The molecule has 1 saturated heterocycles. The minimum atomic E-state index is -1.59. The van der Waals surface area contributed by atoms with Crippen LogP contribution < -0.4 is 0 Å². The Morgan fingerprint density at radius 3 is 1.56 bits per heavy atom. The van der Waals surface area contributed by atoms with Crippen LogP contribution in [0.4, 0.5) is 0 Å². The quantitative estimate of drug-likeness (QED) is 0.0304. The first-order valence-electron chi connectivity index (χ1n) is 20.3. The summed E-state index contributed by atoms with van der Waals surface area (Å²) in [4.78, 5) is 25.2. The number of ether oxygens (including phenoxy) is 4. The molecule has 0 aromatic carbocycles. The van der Waals surface area contributed by atoms with Crippen LogP contribution in [0.2, 0.25) is 0 Å². The fraction of sp³-hybridized carbons (Fsp3) is 0.900. The number of aliphatic hydroxyl groups is 4. The van der Waals surface area contributed by atoms with Crippen molar-refractivity contribution in [3.63, 3.8) is 0 Å². The van der Waals surface area contributed by atoms with E-state index >= 15 is 0 Å². The highest BCUT2D eigenvalue weighted by molar-refractivity contribution is 5.70. The van der Waals surface area contributed by atoms with Crippen LogP contribution in [0.15, 0.2) is 12.2 Å². The van der Waals surface area contributed by atoms with Crippen LogP contribution in [0.25, 0.3) is 0 Å². The monoisotopic (exact) mass is 715 g/mol. The van der Waals surface area contributed by atoms with Gasteiger partial charge in [-0.2, -0.15) is 0 Å². The molecule has 0 aromatic heterocycles. The first-order valence-corrected chi connectivity index (χ1v) is 20.3. The normalized spacial score (nSPS) is 21.4. The SMILES string of the molecule is CCCCCCC/C=C/CCCCCCCC(=O)OC[C@@H](CO[C@H]1O[C@@H](CO)[C@@H](O)C(O)C1O)OC(=O)CCCCCCCCCCCCC. The van der Waals surface area contributed by atoms with Crippen LogP contribution >= 0.6 is 0 Å². The van der Waals surface area contributed by atoms with E-state index in [1.165, 1.54) is 83.5 Å². The summed E-state index contributed by atoms with van der Waals surface area (Å²) in [6.07, 6.45) is 23.6. The van der Waals surface area contributed by atoms with Gasteiger partial charge in [0.2, 0.25) is 0 Å². The molecule has 0 radical (unpaired) electrons. The lowest BCUT2D eigenvalue weighted by atomic mass is 9.99. The van der Waals surface area contributed by atoms with E-state index in [1.54, 1.807) is 0 Å². The lowest BCUT2D eigenvalue weighted by molar-refractivity contribution is -0.305. The largest absolute Gasteiger partial charge is 0.462 e. The zero-order chi connectivity index (χ0) is 36.7. The zero-order valence-corrected chi connectivity index (χ0v) is 31.7. The maximum absolute atomic E-state index is 12.7. The Morgan fingerprint density at radius 2 is 1.06 bits per heavy atom. The predicted octanol–water partition coefficient (Wildman–Crippen LogP) is 7.61. The summed E-state index contributed by atoms with van der Waals surface area (Å²) in [7, 11) is 0. The van der Waals surface area contributed by atoms with Crippen LogP contribution in [-0.4, -0.2) is 89.0 Å². The summed E-state index contributed by atoms with van der Waals surface area (Å²) in [6.45, 7) is 3.39. The second-order valence-electron chi connectivity index (χ2n) is 14.1. The summed E-state index contributed by atoms with van der Waals surface area (Å²) in [5.41, 5.74) is 0. The topological polar surface area (TPSA) is 152 Å². The number of hydrogen-bond acceptors (Lipinski definition) is 10. The minimum absolute atomic E-state index is 0.217. The molecule has 0 aliphatic carbocycles. The van der Waals surface area contributed by atoms with Crippen molar-refractivity contribution in [2.45, 2.75) is 211 Å². The van der Waals surface area contributed by atoms with E-state index < -0.39 is 49.4 Å². The van der Waals surface area contributed by atoms with Crippen molar-refractivity contribution in [2.24, 2.45) is 0 Å². The van der Waals surface area contributed by atoms with Crippen molar-refractivity contribution in [1.82, 2.24) is 0 Å². The van der Waals surface area contributed by atoms with Crippen molar-refractivity contribution < 1.29 is 49.0 Å². The maximum atomic E-state index is 12.7. The molecule has 4 N–H and O–H groups in total. The highest BCUT2D eigenvalue weighted by Gasteiger charge is 2.44. The molecular weight excluding hydrogens is 640 g/mol. The number of esters is 2. The summed E-state index contributed by atoms with van der Waals surface area (Å²) in [6, 6.07) is 0. The lowest BCUT2D eigenvalue weighted by Gasteiger charge is -2.39. The van der Waals surface area contributed by atoms with Gasteiger partial charge in [-0.15, -0.1) is 0 Å². The molecule has 1 aliphatic rings. The second-order valence-corrected chi connectivity index (χ2v) is 14.1. The molecule has 0 amide bonds. The number of unbranched alkanes of at least 4 members (excludes halogenated alkanes) is 20. The molecule has 1 rings (SSSR count). The second kappa shape index (κ2) is 32.1. The summed E-state index contributed by atoms with van der Waals surface area (Å²) in [5.74, 6) is -0.813. The van der Waals surface area contributed by atoms with Crippen molar-refractivity contribution >= 4 is 11.9 Å². The molecule has 50 heavy (non-hydrogen) atoms. The molecule has 1 heterocycles. The predicted molar refractivity (Wildman–Crippen MR) is 196 cm³/mol. The van der Waals surface area contributed by atoms with Gasteiger partial charge in [0.05, 0.1) is 13.2 Å². The van der Waals surface area contributed by atoms with Gasteiger partial charge in [-0.1, -0.05) is 135 Å². The van der Waals surface area contributed by atoms with E-state index in [-0.39, 0.29) is 32.0 Å². The molecular formula is C40H74O10. The number of allylic oxidation sites excluding steroid dienone is 2. The highest BCUT2D eigenvalue weighted by atomic mass is 16.7. The molecule has 10 nitrogen and oxygen atoms in total. The molecule has 10 heteroatoms. The van der Waals surface area contributed by atoms with E-state index in [0.717, 1.165) is 57.8 Å². The molecule has 0 saturated carbocycles. The first kappa shape index (κ1) is 46.5. The Balaban J connectivity index is 2.38. The number of rotatable bonds is 33. The third kappa shape index (κ3) is 23.8. The molecule has 0 aromatic rings. The number of aliphatic hydroxyl groups excluding tert-OH is 4. The van der Waals surface area contributed by atoms with Crippen LogP contribution in [-0.2, 0) is 28.5 Å². The van der Waals surface area contributed by atoms with E-state index in [2.05, 4.69) is 26.0 Å². The smallest absolute Gasteiger partial charge is 0.306 e. The Labute approximate surface area is 303 Å². The van der Waals surface area contributed by atoms with E-state index in [0.29, 0.717) is 6.42 Å². The van der Waals surface area contributed by atoms with Gasteiger partial charge >= 0.3 is 11.9 Å². The van der Waals surface area contributed by atoms with Gasteiger partial charge in [-0.05, 0) is 38.5 Å². The highest BCUT2D eigenvalue weighted by Crippen LogP contribution is 2.22. The average molecular weight is 715 g/mol. The molecule has 2 unspecified atom stereocenters. The van der Waals surface area contributed by atoms with Gasteiger partial charge in [-0.25, -0.2) is 0 Å². The third-order valence-corrected chi connectivity index (χ3v) is 9.40. The minimum Gasteiger partial charge on any atom is -0.462 e. The van der Waals surface area contributed by atoms with Crippen molar-refractivity contribution in [3.8, 4) is 0 Å². The average Bonchev–Trinajstić information content (AvgIpc) is 3.11. The van der Waals surface area contributed by atoms with Crippen LogP contribution in [0, 0.1) is 0 Å². The van der Waals surface area contributed by atoms with Crippen LogP contribution in [0.3, 0.4) is 0 Å². The first-order chi connectivity index (χ1) is 24.3. The van der Waals surface area contributed by atoms with E-state index in [4.69, 9.17) is 18.9 Å². The molecule has 6 atom stereocenters. The Kier molecular flexibility index (Phi) is 29.8. The Bertz CT molecular complexity index is 835. The van der Waals surface area contributed by atoms with Gasteiger partial charge in [0.1, 0.15) is 31.0 Å². The summed E-state index contributed by atoms with van der Waals surface area (Å²) >= 11 is 0. The molecule has 294 valence electrons. The fourth-order valence-electron chi connectivity index (χ4n) is 6.12. The Morgan fingerprint density at radius 1 is 0.600 bits per heavy atom. The van der Waals surface area contributed by atoms with Gasteiger partial charge in [0.25, 0.3) is 0 Å². The standard InChI is InChI=1S/C40H74O10/c1-3-5-7-9-11-13-15-16-17-19-20-22-24-26-28-35(42)47-31-33(32-48-40-39(46)38(45)37(44)34(30-41)50-40)49-36(43)29-27-25-23-21-18-14-12-10-8-6-4-2/h15-16,33-34,37-41,44-46H,3-14,17-32H2,1-2H3/b16-15+/t33-,34-,37+,38?,39?,40-/m0/s1. The Hall–Kier alpha value is -1.56. The van der Waals surface area contributed by atoms with Gasteiger partial charge < -0.3 is 39.4 Å². The van der Waals surface area contributed by atoms with E-state index in [9.17, 15) is 30.0 Å². The van der Waals surface area contributed by atoms with Gasteiger partial charge in [0.15, 0.2) is 12.4 Å². The van der Waals surface area contributed by atoms with Crippen molar-refractivity contribution in [3.05, 3.63) is 12.2 Å². The van der Waals surface area contributed by atoms with Gasteiger partial charge in [-0.3, -0.25) is 9.59 Å². The maximum Gasteiger partial charge on any atom is 0.306 e. The van der Waals surface area contributed by atoms with Crippen molar-refractivity contribution in [1.29, 1.82) is 0 Å². The lowest BCUT2D eigenvalue weighted by Crippen LogP contribution is -2.59. The molecule has 0 spiro atoms. The zero-order valence-electron chi connectivity index (χ0n) is 31.7. The van der Waals surface area contributed by atoms with Crippen LogP contribution in [0.5, 0.6) is 0 Å². The molecule has 1 fully saturated rings. The third-order valence-electron chi connectivity index (χ3n) is 9.40. The number of hydrogen-bond donors (Lipinski definition) is 4. The molecule has 0 bridgehead atoms. The molecule has 1 aliphatic heterocycles. The number of carbonyl (C=O) groups is 2.